The van der Waals surface area contributed by atoms with Crippen LogP contribution in [0.5, 0.6) is 0 Å². The SMILES string of the molecule is CC(C(=O)NC(N)=O)N(C)CC(N)=S. The van der Waals surface area contributed by atoms with Crippen LogP contribution in [0.2, 0.25) is 0 Å². The molecule has 0 spiro atoms. The summed E-state index contributed by atoms with van der Waals surface area (Å²) in [6, 6.07) is -1.38. The van der Waals surface area contributed by atoms with Crippen molar-refractivity contribution in [3.63, 3.8) is 0 Å². The number of likely N-dealkylation sites (N-methyl/N-ethyl adjacent to an activating group) is 1. The van der Waals surface area contributed by atoms with Crippen LogP contribution in [0.15, 0.2) is 0 Å². The molecule has 0 bridgehead atoms. The molecule has 0 aliphatic carbocycles. The fourth-order valence-electron chi connectivity index (χ4n) is 0.809. The summed E-state index contributed by atoms with van der Waals surface area (Å²) in [7, 11) is 1.67. The minimum atomic E-state index is -0.870. The molecule has 0 rings (SSSR count). The fourth-order valence-corrected chi connectivity index (χ4v) is 1.01. The number of carbonyl (C=O) groups is 2. The maximum atomic E-state index is 11.2. The van der Waals surface area contributed by atoms with Crippen LogP contribution in [0.3, 0.4) is 0 Å². The molecule has 0 aliphatic heterocycles. The number of hydrogen-bond donors (Lipinski definition) is 3. The third-order valence-electron chi connectivity index (χ3n) is 1.69. The summed E-state index contributed by atoms with van der Waals surface area (Å²) in [4.78, 5) is 23.5. The topological polar surface area (TPSA) is 101 Å². The first kappa shape index (κ1) is 12.8. The predicted molar refractivity (Wildman–Crippen MR) is 56.6 cm³/mol. The van der Waals surface area contributed by atoms with E-state index in [0.717, 1.165) is 0 Å². The lowest BCUT2D eigenvalue weighted by molar-refractivity contribution is -0.124. The normalized spacial score (nSPS) is 12.2. The van der Waals surface area contributed by atoms with Gasteiger partial charge in [0.2, 0.25) is 5.91 Å². The lowest BCUT2D eigenvalue weighted by Crippen LogP contribution is -2.48. The Morgan fingerprint density at radius 2 is 2.00 bits per heavy atom. The number of thiocarbonyl (C=S) groups is 1. The van der Waals surface area contributed by atoms with Crippen LogP contribution < -0.4 is 16.8 Å². The molecular weight excluding hydrogens is 204 g/mol. The van der Waals surface area contributed by atoms with Crippen molar-refractivity contribution in [1.29, 1.82) is 0 Å². The summed E-state index contributed by atoms with van der Waals surface area (Å²) in [5, 5.41) is 1.97. The highest BCUT2D eigenvalue weighted by Crippen LogP contribution is 1.94. The van der Waals surface area contributed by atoms with Gasteiger partial charge in [-0.3, -0.25) is 15.0 Å². The second-order valence-electron chi connectivity index (χ2n) is 2.91. The maximum Gasteiger partial charge on any atom is 0.318 e. The van der Waals surface area contributed by atoms with Gasteiger partial charge in [0.1, 0.15) is 0 Å². The van der Waals surface area contributed by atoms with Crippen LogP contribution in [-0.4, -0.2) is 41.5 Å². The van der Waals surface area contributed by atoms with Gasteiger partial charge in [0.25, 0.3) is 0 Å². The molecule has 0 aromatic rings. The van der Waals surface area contributed by atoms with E-state index in [1.54, 1.807) is 18.9 Å². The van der Waals surface area contributed by atoms with E-state index in [0.29, 0.717) is 6.54 Å². The average molecular weight is 218 g/mol. The first-order chi connectivity index (χ1) is 6.34. The third kappa shape index (κ3) is 4.73. The van der Waals surface area contributed by atoms with Crippen molar-refractivity contribution in [1.82, 2.24) is 10.2 Å². The zero-order valence-corrected chi connectivity index (χ0v) is 8.93. The highest BCUT2D eigenvalue weighted by Gasteiger charge is 2.19. The molecule has 1 atom stereocenters. The Kier molecular flexibility index (Phi) is 5.03. The van der Waals surface area contributed by atoms with E-state index >= 15 is 0 Å². The number of rotatable bonds is 4. The van der Waals surface area contributed by atoms with Crippen LogP contribution in [0, 0.1) is 0 Å². The van der Waals surface area contributed by atoms with E-state index in [-0.39, 0.29) is 4.99 Å². The van der Waals surface area contributed by atoms with Crippen molar-refractivity contribution in [2.45, 2.75) is 13.0 Å². The Balaban J connectivity index is 4.16. The standard InChI is InChI=1S/C7H14N4O2S/c1-4(6(12)10-7(9)13)11(2)3-5(8)14/h4H,3H2,1-2H3,(H2,8,14)(H3,9,10,12,13). The average Bonchev–Trinajstić information content (AvgIpc) is 2.00. The van der Waals surface area contributed by atoms with Gasteiger partial charge in [0.15, 0.2) is 0 Å². The molecule has 14 heavy (non-hydrogen) atoms. The molecule has 0 heterocycles. The second-order valence-corrected chi connectivity index (χ2v) is 3.44. The highest BCUT2D eigenvalue weighted by molar-refractivity contribution is 7.80. The number of nitrogens with one attached hydrogen (secondary N) is 1. The molecule has 0 radical (unpaired) electrons. The fraction of sp³-hybridized carbons (Fsp3) is 0.571. The molecule has 0 aromatic carbocycles. The Morgan fingerprint density at radius 3 is 2.36 bits per heavy atom. The molecule has 0 fully saturated rings. The zero-order chi connectivity index (χ0) is 11.3. The molecule has 1 unspecified atom stereocenters. The molecule has 0 saturated heterocycles. The van der Waals surface area contributed by atoms with Crippen LogP contribution in [0.4, 0.5) is 4.79 Å². The first-order valence-electron chi connectivity index (χ1n) is 3.93. The number of imide groups is 1. The van der Waals surface area contributed by atoms with Gasteiger partial charge in [-0.15, -0.1) is 0 Å². The molecule has 80 valence electrons. The van der Waals surface area contributed by atoms with E-state index in [1.165, 1.54) is 0 Å². The molecule has 7 heteroatoms. The van der Waals surface area contributed by atoms with Crippen LogP contribution >= 0.6 is 12.2 Å². The molecule has 5 N–H and O–H groups in total. The number of amides is 3. The Bertz CT molecular complexity index is 256. The Hall–Kier alpha value is -1.21. The number of urea groups is 1. The molecule has 0 aliphatic rings. The number of nitrogens with zero attached hydrogens (tertiary/aromatic N) is 1. The van der Waals surface area contributed by atoms with Crippen LogP contribution in [0.25, 0.3) is 0 Å². The van der Waals surface area contributed by atoms with Crippen molar-refractivity contribution in [2.24, 2.45) is 11.5 Å². The van der Waals surface area contributed by atoms with Crippen molar-refractivity contribution in [3.8, 4) is 0 Å². The maximum absolute atomic E-state index is 11.2. The number of primary amides is 1. The van der Waals surface area contributed by atoms with Gasteiger partial charge in [-0.25, -0.2) is 4.79 Å². The van der Waals surface area contributed by atoms with Gasteiger partial charge < -0.3 is 11.5 Å². The van der Waals surface area contributed by atoms with Crippen molar-refractivity contribution >= 4 is 29.1 Å². The van der Waals surface area contributed by atoms with E-state index in [9.17, 15) is 9.59 Å². The predicted octanol–water partition coefficient (Wildman–Crippen LogP) is -1.21. The van der Waals surface area contributed by atoms with Gasteiger partial charge in [-0.1, -0.05) is 12.2 Å². The minimum Gasteiger partial charge on any atom is -0.392 e. The molecule has 0 aromatic heterocycles. The van der Waals surface area contributed by atoms with Crippen LogP contribution in [0.1, 0.15) is 6.92 Å². The largest absolute Gasteiger partial charge is 0.392 e. The summed E-state index contributed by atoms with van der Waals surface area (Å²) in [5.41, 5.74) is 10.1. The molecule has 6 nitrogen and oxygen atoms in total. The highest BCUT2D eigenvalue weighted by atomic mass is 32.1. The monoisotopic (exact) mass is 218 g/mol. The van der Waals surface area contributed by atoms with Crippen molar-refractivity contribution in [2.75, 3.05) is 13.6 Å². The van der Waals surface area contributed by atoms with E-state index < -0.39 is 18.0 Å². The van der Waals surface area contributed by atoms with E-state index in [2.05, 4.69) is 12.2 Å². The number of nitrogens with two attached hydrogens (primary N) is 2. The first-order valence-corrected chi connectivity index (χ1v) is 4.34. The Labute approximate surface area is 87.6 Å². The summed E-state index contributed by atoms with van der Waals surface area (Å²) in [5.74, 6) is -0.476. The van der Waals surface area contributed by atoms with Crippen molar-refractivity contribution in [3.05, 3.63) is 0 Å². The van der Waals surface area contributed by atoms with Crippen LogP contribution in [-0.2, 0) is 4.79 Å². The van der Waals surface area contributed by atoms with E-state index in [4.69, 9.17) is 11.5 Å². The van der Waals surface area contributed by atoms with Gasteiger partial charge >= 0.3 is 6.03 Å². The minimum absolute atomic E-state index is 0.284. The smallest absolute Gasteiger partial charge is 0.318 e. The van der Waals surface area contributed by atoms with Crippen molar-refractivity contribution < 1.29 is 9.59 Å². The van der Waals surface area contributed by atoms with Gasteiger partial charge in [0.05, 0.1) is 11.0 Å². The summed E-state index contributed by atoms with van der Waals surface area (Å²) < 4.78 is 0. The summed E-state index contributed by atoms with van der Waals surface area (Å²) >= 11 is 4.68. The number of carbonyl (C=O) groups excluding carboxylic acids is 2. The van der Waals surface area contributed by atoms with Gasteiger partial charge in [-0.05, 0) is 14.0 Å². The molecule has 0 saturated carbocycles. The van der Waals surface area contributed by atoms with E-state index in [1.807, 2.05) is 5.32 Å². The lowest BCUT2D eigenvalue weighted by atomic mass is 10.3. The third-order valence-corrected chi connectivity index (χ3v) is 1.82. The Morgan fingerprint density at radius 1 is 1.50 bits per heavy atom. The lowest BCUT2D eigenvalue weighted by Gasteiger charge is -2.22. The summed E-state index contributed by atoms with van der Waals surface area (Å²) in [6.45, 7) is 1.93. The quantitative estimate of drug-likeness (QED) is 0.514. The van der Waals surface area contributed by atoms with Gasteiger partial charge in [-0.2, -0.15) is 0 Å². The molecule has 3 amide bonds. The zero-order valence-electron chi connectivity index (χ0n) is 8.11. The molecular formula is C7H14N4O2S. The summed E-state index contributed by atoms with van der Waals surface area (Å²) in [6.07, 6.45) is 0. The second kappa shape index (κ2) is 5.51. The number of hydrogen-bond acceptors (Lipinski definition) is 4. The van der Waals surface area contributed by atoms with Gasteiger partial charge in [0, 0.05) is 6.54 Å².